The Bertz CT molecular complexity index is 1080. The molecule has 5 nitrogen and oxygen atoms in total. The first-order chi connectivity index (χ1) is 13.7. The molecule has 2 N–H and O–H groups in total. The number of ether oxygens (including phenoxy) is 1. The molecule has 6 heteroatoms. The molecule has 0 aliphatic carbocycles. The lowest BCUT2D eigenvalue weighted by Gasteiger charge is -2.23. The average molecular weight is 456 g/mol. The van der Waals surface area contributed by atoms with Crippen LogP contribution in [0.15, 0.2) is 65.1 Å². The first kappa shape index (κ1) is 20.9. The molecule has 29 heavy (non-hydrogen) atoms. The van der Waals surface area contributed by atoms with Gasteiger partial charge in [0.2, 0.25) is 0 Å². The number of nitrogens with one attached hydrogen (secondary N) is 1. The van der Waals surface area contributed by atoms with Gasteiger partial charge in [-0.05, 0) is 49.9 Å². The van der Waals surface area contributed by atoms with Gasteiger partial charge in [0.15, 0.2) is 0 Å². The van der Waals surface area contributed by atoms with E-state index in [1.807, 2.05) is 61.5 Å². The van der Waals surface area contributed by atoms with Crippen LogP contribution in [0.5, 0.6) is 5.75 Å². The molecule has 0 spiro atoms. The average Bonchev–Trinajstić information content (AvgIpc) is 2.67. The molecule has 0 aliphatic rings. The Kier molecular flexibility index (Phi) is 5.94. The van der Waals surface area contributed by atoms with Crippen molar-refractivity contribution in [3.63, 3.8) is 0 Å². The highest BCUT2D eigenvalue weighted by atomic mass is 79.9. The number of hydrogen-bond acceptors (Lipinski definition) is 3. The van der Waals surface area contributed by atoms with E-state index in [-0.39, 0.29) is 6.10 Å². The number of benzene rings is 3. The minimum Gasteiger partial charge on any atom is -0.485 e. The van der Waals surface area contributed by atoms with Gasteiger partial charge in [-0.2, -0.15) is 0 Å². The summed E-state index contributed by atoms with van der Waals surface area (Å²) in [5, 5.41) is 13.6. The van der Waals surface area contributed by atoms with Gasteiger partial charge in [-0.15, -0.1) is 0 Å². The summed E-state index contributed by atoms with van der Waals surface area (Å²) in [6.07, 6.45) is -0.322. The van der Waals surface area contributed by atoms with Crippen molar-refractivity contribution >= 4 is 38.6 Å². The Morgan fingerprint density at radius 2 is 1.79 bits per heavy atom. The van der Waals surface area contributed by atoms with Crippen LogP contribution in [0.2, 0.25) is 0 Å². The standard InChI is InChI=1S/C23H22BrNO4/c1-14(16-8-6-9-17(24)13-16)29-20-18-10-5-4-7-15(18)11-12-19(20)21(26)25-23(2,3)22(27)28/h4-14H,1-3H3,(H,25,26)(H,27,28). The summed E-state index contributed by atoms with van der Waals surface area (Å²) in [7, 11) is 0. The summed E-state index contributed by atoms with van der Waals surface area (Å²) in [6, 6.07) is 18.9. The van der Waals surface area contributed by atoms with E-state index in [0.29, 0.717) is 11.3 Å². The zero-order valence-corrected chi connectivity index (χ0v) is 18.0. The predicted octanol–water partition coefficient (Wildman–Crippen LogP) is 5.34. The van der Waals surface area contributed by atoms with Crippen LogP contribution < -0.4 is 10.1 Å². The third-order valence-corrected chi connectivity index (χ3v) is 5.19. The summed E-state index contributed by atoms with van der Waals surface area (Å²) in [5.41, 5.74) is -0.167. The molecule has 0 saturated heterocycles. The molecule has 3 aromatic rings. The fraction of sp³-hybridized carbons (Fsp3) is 0.217. The topological polar surface area (TPSA) is 75.6 Å². The van der Waals surface area contributed by atoms with Gasteiger partial charge in [0, 0.05) is 9.86 Å². The summed E-state index contributed by atoms with van der Waals surface area (Å²) in [4.78, 5) is 24.4. The molecule has 3 rings (SSSR count). The van der Waals surface area contributed by atoms with Crippen molar-refractivity contribution in [1.29, 1.82) is 0 Å². The number of fused-ring (bicyclic) bond motifs is 1. The van der Waals surface area contributed by atoms with E-state index in [1.165, 1.54) is 13.8 Å². The third-order valence-electron chi connectivity index (χ3n) is 4.70. The fourth-order valence-corrected chi connectivity index (χ4v) is 3.37. The van der Waals surface area contributed by atoms with Crippen LogP contribution in [0.1, 0.15) is 42.8 Å². The summed E-state index contributed by atoms with van der Waals surface area (Å²) in [5.74, 6) is -1.19. The molecule has 150 valence electrons. The number of rotatable bonds is 6. The lowest BCUT2D eigenvalue weighted by atomic mass is 10.0. The second-order valence-corrected chi connectivity index (χ2v) is 8.28. The molecule has 0 aromatic heterocycles. The highest BCUT2D eigenvalue weighted by Gasteiger charge is 2.31. The smallest absolute Gasteiger partial charge is 0.328 e. The van der Waals surface area contributed by atoms with E-state index in [2.05, 4.69) is 21.2 Å². The van der Waals surface area contributed by atoms with Crippen LogP contribution >= 0.6 is 15.9 Å². The number of amides is 1. The monoisotopic (exact) mass is 455 g/mol. The Balaban J connectivity index is 2.04. The maximum Gasteiger partial charge on any atom is 0.328 e. The minimum absolute atomic E-state index is 0.292. The van der Waals surface area contributed by atoms with Crippen LogP contribution in [0.25, 0.3) is 10.8 Å². The molecule has 1 unspecified atom stereocenters. The van der Waals surface area contributed by atoms with Crippen molar-refractivity contribution in [2.75, 3.05) is 0 Å². The van der Waals surface area contributed by atoms with Crippen molar-refractivity contribution in [2.45, 2.75) is 32.4 Å². The Morgan fingerprint density at radius 3 is 2.48 bits per heavy atom. The lowest BCUT2D eigenvalue weighted by molar-refractivity contribution is -0.143. The molecule has 1 amide bonds. The number of carbonyl (C=O) groups excluding carboxylic acids is 1. The molecule has 3 aromatic carbocycles. The number of carboxylic acid groups (broad SMARTS) is 1. The van der Waals surface area contributed by atoms with Crippen molar-refractivity contribution in [3.8, 4) is 5.75 Å². The van der Waals surface area contributed by atoms with E-state index in [4.69, 9.17) is 4.74 Å². The van der Waals surface area contributed by atoms with Gasteiger partial charge in [-0.3, -0.25) is 4.79 Å². The van der Waals surface area contributed by atoms with Gasteiger partial charge in [0.05, 0.1) is 5.56 Å². The normalized spacial score (nSPS) is 12.4. The van der Waals surface area contributed by atoms with Gasteiger partial charge in [-0.25, -0.2) is 4.79 Å². The SMILES string of the molecule is CC(Oc1c(C(=O)NC(C)(C)C(=O)O)ccc2ccccc12)c1cccc(Br)c1. The maximum absolute atomic E-state index is 12.9. The second-order valence-electron chi connectivity index (χ2n) is 7.36. The first-order valence-electron chi connectivity index (χ1n) is 9.19. The zero-order chi connectivity index (χ0) is 21.2. The van der Waals surface area contributed by atoms with Crippen LogP contribution in [-0.2, 0) is 4.79 Å². The number of carbonyl (C=O) groups is 2. The van der Waals surface area contributed by atoms with Crippen LogP contribution in [0.4, 0.5) is 0 Å². The highest BCUT2D eigenvalue weighted by molar-refractivity contribution is 9.10. The molecule has 0 heterocycles. The second kappa shape index (κ2) is 8.25. The largest absolute Gasteiger partial charge is 0.485 e. The zero-order valence-electron chi connectivity index (χ0n) is 16.4. The Labute approximate surface area is 177 Å². The highest BCUT2D eigenvalue weighted by Crippen LogP contribution is 2.34. The Hall–Kier alpha value is -2.86. The van der Waals surface area contributed by atoms with Crippen molar-refractivity contribution < 1.29 is 19.4 Å². The van der Waals surface area contributed by atoms with Gasteiger partial charge in [0.1, 0.15) is 17.4 Å². The first-order valence-corrected chi connectivity index (χ1v) is 9.98. The van der Waals surface area contributed by atoms with Gasteiger partial charge in [0.25, 0.3) is 5.91 Å². The summed E-state index contributed by atoms with van der Waals surface area (Å²) in [6.45, 7) is 4.80. The molecule has 0 bridgehead atoms. The summed E-state index contributed by atoms with van der Waals surface area (Å²) >= 11 is 3.46. The van der Waals surface area contributed by atoms with E-state index in [9.17, 15) is 14.7 Å². The molecule has 0 radical (unpaired) electrons. The van der Waals surface area contributed by atoms with Crippen LogP contribution in [-0.4, -0.2) is 22.5 Å². The van der Waals surface area contributed by atoms with Crippen LogP contribution in [0.3, 0.4) is 0 Å². The van der Waals surface area contributed by atoms with E-state index in [1.54, 1.807) is 6.07 Å². The number of halogens is 1. The molecule has 0 fully saturated rings. The number of hydrogen-bond donors (Lipinski definition) is 2. The fourth-order valence-electron chi connectivity index (χ4n) is 2.96. The third kappa shape index (κ3) is 4.59. The van der Waals surface area contributed by atoms with E-state index < -0.39 is 17.4 Å². The van der Waals surface area contributed by atoms with Crippen molar-refractivity contribution in [1.82, 2.24) is 5.32 Å². The molecule has 0 saturated carbocycles. The number of aliphatic carboxylic acids is 1. The minimum atomic E-state index is -1.41. The lowest BCUT2D eigenvalue weighted by Crippen LogP contribution is -2.49. The van der Waals surface area contributed by atoms with Crippen molar-refractivity contribution in [3.05, 3.63) is 76.3 Å². The molecule has 0 aliphatic heterocycles. The number of carboxylic acids is 1. The molecule has 1 atom stereocenters. The van der Waals surface area contributed by atoms with E-state index in [0.717, 1.165) is 20.8 Å². The molecular weight excluding hydrogens is 434 g/mol. The van der Waals surface area contributed by atoms with Gasteiger partial charge in [-0.1, -0.05) is 58.4 Å². The van der Waals surface area contributed by atoms with Crippen molar-refractivity contribution in [2.24, 2.45) is 0 Å². The summed E-state index contributed by atoms with van der Waals surface area (Å²) < 4.78 is 7.20. The molecular formula is C23H22BrNO4. The van der Waals surface area contributed by atoms with E-state index >= 15 is 0 Å². The van der Waals surface area contributed by atoms with Crippen LogP contribution in [0, 0.1) is 0 Å². The Morgan fingerprint density at radius 1 is 1.07 bits per heavy atom. The van der Waals surface area contributed by atoms with Gasteiger partial charge < -0.3 is 15.2 Å². The quantitative estimate of drug-likeness (QED) is 0.526. The predicted molar refractivity (Wildman–Crippen MR) is 116 cm³/mol. The maximum atomic E-state index is 12.9. The van der Waals surface area contributed by atoms with Gasteiger partial charge >= 0.3 is 5.97 Å².